The number of rotatable bonds is 5. The van der Waals surface area contributed by atoms with E-state index in [-0.39, 0.29) is 18.0 Å². The summed E-state index contributed by atoms with van der Waals surface area (Å²) < 4.78 is 6.09. The van der Waals surface area contributed by atoms with E-state index in [2.05, 4.69) is 20.9 Å². The zero-order chi connectivity index (χ0) is 22.1. The molecule has 3 aliphatic rings. The molecular formula is C24H26N4O3S. The highest BCUT2D eigenvalue weighted by atomic mass is 32.1. The first kappa shape index (κ1) is 20.8. The van der Waals surface area contributed by atoms with Crippen LogP contribution in [0.3, 0.4) is 0 Å². The summed E-state index contributed by atoms with van der Waals surface area (Å²) in [5.41, 5.74) is 1.35. The summed E-state index contributed by atoms with van der Waals surface area (Å²) in [6.07, 6.45) is 2.34. The van der Waals surface area contributed by atoms with E-state index in [0.29, 0.717) is 22.2 Å². The maximum atomic E-state index is 12.9. The van der Waals surface area contributed by atoms with Crippen molar-refractivity contribution in [3.8, 4) is 5.75 Å². The minimum absolute atomic E-state index is 0.00305. The number of fused-ring (bicyclic) bond motifs is 4. The Kier molecular flexibility index (Phi) is 5.71. The van der Waals surface area contributed by atoms with Gasteiger partial charge in [-0.1, -0.05) is 6.07 Å². The summed E-state index contributed by atoms with van der Waals surface area (Å²) in [5, 5.41) is 9.90. The van der Waals surface area contributed by atoms with Crippen molar-refractivity contribution >= 4 is 44.7 Å². The molecule has 3 aliphatic heterocycles. The van der Waals surface area contributed by atoms with Crippen LogP contribution < -0.4 is 20.7 Å². The molecule has 3 fully saturated rings. The summed E-state index contributed by atoms with van der Waals surface area (Å²) in [5.74, 6) is 1.32. The lowest BCUT2D eigenvalue weighted by molar-refractivity contribution is 0.0622. The first-order valence-corrected chi connectivity index (χ1v) is 11.7. The van der Waals surface area contributed by atoms with Crippen LogP contribution in [0.25, 0.3) is 10.1 Å². The number of carbonyl (C=O) groups is 2. The summed E-state index contributed by atoms with van der Waals surface area (Å²) in [6, 6.07) is 14.7. The molecule has 8 heteroatoms. The second kappa shape index (κ2) is 8.80. The molecule has 0 radical (unpaired) electrons. The molecule has 2 bridgehead atoms. The SMILES string of the molecule is COc1ccc(NC(=O)Nc2ccc3cc(C(=O)NC4CN5CCC4CC5)sc3c2)cc1. The van der Waals surface area contributed by atoms with Gasteiger partial charge < -0.3 is 25.6 Å². The van der Waals surface area contributed by atoms with E-state index in [9.17, 15) is 9.59 Å². The van der Waals surface area contributed by atoms with Gasteiger partial charge >= 0.3 is 6.03 Å². The average Bonchev–Trinajstić information content (AvgIpc) is 3.24. The van der Waals surface area contributed by atoms with Gasteiger partial charge in [0.05, 0.1) is 12.0 Å². The molecule has 166 valence electrons. The molecule has 1 atom stereocenters. The lowest BCUT2D eigenvalue weighted by atomic mass is 9.84. The molecule has 6 rings (SSSR count). The number of anilines is 2. The van der Waals surface area contributed by atoms with Gasteiger partial charge in [0.15, 0.2) is 0 Å². The van der Waals surface area contributed by atoms with Gasteiger partial charge in [0.2, 0.25) is 0 Å². The minimum atomic E-state index is -0.327. The minimum Gasteiger partial charge on any atom is -0.497 e. The molecular weight excluding hydrogens is 424 g/mol. The zero-order valence-corrected chi connectivity index (χ0v) is 18.7. The fourth-order valence-electron chi connectivity index (χ4n) is 4.56. The number of hydrogen-bond donors (Lipinski definition) is 3. The van der Waals surface area contributed by atoms with Gasteiger partial charge in [-0.2, -0.15) is 0 Å². The van der Waals surface area contributed by atoms with Crippen molar-refractivity contribution in [2.45, 2.75) is 18.9 Å². The fraction of sp³-hybridized carbons (Fsp3) is 0.333. The molecule has 0 aliphatic carbocycles. The summed E-state index contributed by atoms with van der Waals surface area (Å²) in [7, 11) is 1.60. The van der Waals surface area contributed by atoms with Crippen LogP contribution in [-0.4, -0.2) is 49.6 Å². The van der Waals surface area contributed by atoms with Crippen molar-refractivity contribution in [2.75, 3.05) is 37.4 Å². The van der Waals surface area contributed by atoms with Crippen LogP contribution in [0.2, 0.25) is 0 Å². The normalized spacial score (nSPS) is 21.8. The third-order valence-electron chi connectivity index (χ3n) is 6.32. The molecule has 2 aromatic carbocycles. The van der Waals surface area contributed by atoms with Crippen molar-refractivity contribution in [2.24, 2.45) is 5.92 Å². The van der Waals surface area contributed by atoms with E-state index < -0.39 is 0 Å². The van der Waals surface area contributed by atoms with E-state index in [1.54, 1.807) is 31.4 Å². The monoisotopic (exact) mass is 450 g/mol. The third-order valence-corrected chi connectivity index (χ3v) is 7.42. The van der Waals surface area contributed by atoms with Crippen LogP contribution >= 0.6 is 11.3 Å². The Morgan fingerprint density at radius 1 is 1.00 bits per heavy atom. The smallest absolute Gasteiger partial charge is 0.323 e. The quantitative estimate of drug-likeness (QED) is 0.539. The van der Waals surface area contributed by atoms with Crippen LogP contribution in [0.15, 0.2) is 48.5 Å². The number of urea groups is 1. The average molecular weight is 451 g/mol. The maximum Gasteiger partial charge on any atom is 0.323 e. The largest absolute Gasteiger partial charge is 0.497 e. The Labute approximate surface area is 190 Å². The predicted molar refractivity (Wildman–Crippen MR) is 128 cm³/mol. The van der Waals surface area contributed by atoms with Crippen molar-refractivity contribution in [1.82, 2.24) is 10.2 Å². The highest BCUT2D eigenvalue weighted by Gasteiger charge is 2.35. The Morgan fingerprint density at radius 2 is 1.72 bits per heavy atom. The second-order valence-corrected chi connectivity index (χ2v) is 9.47. The van der Waals surface area contributed by atoms with E-state index in [0.717, 1.165) is 35.5 Å². The second-order valence-electron chi connectivity index (χ2n) is 8.39. The molecule has 3 aromatic rings. The Balaban J connectivity index is 1.23. The topological polar surface area (TPSA) is 82.7 Å². The van der Waals surface area contributed by atoms with Gasteiger partial charge in [0, 0.05) is 28.7 Å². The number of ether oxygens (including phenoxy) is 1. The van der Waals surface area contributed by atoms with E-state index in [4.69, 9.17) is 4.74 Å². The van der Waals surface area contributed by atoms with Gasteiger partial charge in [0.25, 0.3) is 5.91 Å². The summed E-state index contributed by atoms with van der Waals surface area (Å²) >= 11 is 1.45. The molecule has 32 heavy (non-hydrogen) atoms. The Bertz CT molecular complexity index is 1140. The van der Waals surface area contributed by atoms with E-state index in [1.165, 1.54) is 24.2 Å². The lowest BCUT2D eigenvalue weighted by Crippen LogP contribution is -2.57. The standard InChI is InChI=1S/C24H26N4O3S/c1-31-19-6-4-17(5-7-19)25-24(30)26-18-3-2-16-12-22(32-21(16)13-18)23(29)27-20-14-28-10-8-15(20)9-11-28/h2-7,12-13,15,20H,8-11,14H2,1H3,(H,27,29)(H2,25,26,30). The summed E-state index contributed by atoms with van der Waals surface area (Å²) in [6.45, 7) is 3.27. The number of nitrogens with zero attached hydrogens (tertiary/aromatic N) is 1. The first-order valence-electron chi connectivity index (χ1n) is 10.9. The van der Waals surface area contributed by atoms with Gasteiger partial charge in [-0.05, 0) is 79.7 Å². The number of carbonyl (C=O) groups excluding carboxylic acids is 2. The van der Waals surface area contributed by atoms with E-state index >= 15 is 0 Å². The van der Waals surface area contributed by atoms with Crippen molar-refractivity contribution < 1.29 is 14.3 Å². The highest BCUT2D eigenvalue weighted by Crippen LogP contribution is 2.31. The first-order chi connectivity index (χ1) is 15.6. The molecule has 3 amide bonds. The van der Waals surface area contributed by atoms with Gasteiger partial charge in [-0.3, -0.25) is 4.79 Å². The molecule has 0 saturated carbocycles. The van der Waals surface area contributed by atoms with Crippen molar-refractivity contribution in [3.05, 3.63) is 53.4 Å². The van der Waals surface area contributed by atoms with Gasteiger partial charge in [-0.15, -0.1) is 11.3 Å². The molecule has 1 aromatic heterocycles. The van der Waals surface area contributed by atoms with Crippen molar-refractivity contribution in [1.29, 1.82) is 0 Å². The molecule has 1 unspecified atom stereocenters. The number of nitrogens with one attached hydrogen (secondary N) is 3. The number of methoxy groups -OCH3 is 1. The van der Waals surface area contributed by atoms with Crippen molar-refractivity contribution in [3.63, 3.8) is 0 Å². The van der Waals surface area contributed by atoms with Crippen LogP contribution in [-0.2, 0) is 0 Å². The number of hydrogen-bond acceptors (Lipinski definition) is 5. The van der Waals surface area contributed by atoms with E-state index in [1.807, 2.05) is 24.3 Å². The van der Waals surface area contributed by atoms with Crippen LogP contribution in [0.1, 0.15) is 22.5 Å². The van der Waals surface area contributed by atoms with Gasteiger partial charge in [-0.25, -0.2) is 4.79 Å². The molecule has 4 heterocycles. The molecule has 3 N–H and O–H groups in total. The number of amides is 3. The zero-order valence-electron chi connectivity index (χ0n) is 17.9. The molecule has 3 saturated heterocycles. The van der Waals surface area contributed by atoms with Crippen LogP contribution in [0.4, 0.5) is 16.2 Å². The Morgan fingerprint density at radius 3 is 2.41 bits per heavy atom. The van der Waals surface area contributed by atoms with Crippen LogP contribution in [0, 0.1) is 5.92 Å². The predicted octanol–water partition coefficient (Wildman–Crippen LogP) is 4.38. The molecule has 7 nitrogen and oxygen atoms in total. The lowest BCUT2D eigenvalue weighted by Gasteiger charge is -2.44. The number of piperidine rings is 3. The molecule has 0 spiro atoms. The highest BCUT2D eigenvalue weighted by molar-refractivity contribution is 7.20. The number of benzene rings is 2. The third kappa shape index (κ3) is 4.42. The summed E-state index contributed by atoms with van der Waals surface area (Å²) in [4.78, 5) is 28.4. The number of thiophene rings is 1. The maximum absolute atomic E-state index is 12.9. The Hall–Kier alpha value is -3.10. The van der Waals surface area contributed by atoms with Crippen LogP contribution in [0.5, 0.6) is 5.75 Å². The van der Waals surface area contributed by atoms with Gasteiger partial charge in [0.1, 0.15) is 5.75 Å². The fourth-order valence-corrected chi connectivity index (χ4v) is 5.56.